The maximum Gasteiger partial charge on any atom is 0.107 e. The minimum absolute atomic E-state index is 0.293. The molecule has 1 aromatic rings. The maximum atomic E-state index is 4.49. The molecule has 0 amide bonds. The van der Waals surface area contributed by atoms with Crippen molar-refractivity contribution in [2.75, 3.05) is 13.1 Å². The minimum atomic E-state index is 0.293. The van der Waals surface area contributed by atoms with Crippen molar-refractivity contribution < 1.29 is 0 Å². The van der Waals surface area contributed by atoms with E-state index in [4.69, 9.17) is 0 Å². The Balaban J connectivity index is 2.14. The largest absolute Gasteiger partial charge is 0.308 e. The molecule has 1 N–H and O–H groups in total. The highest BCUT2D eigenvalue weighted by molar-refractivity contribution is 7.09. The Bertz CT molecular complexity index is 386. The van der Waals surface area contributed by atoms with E-state index in [1.165, 1.54) is 24.3 Å². The van der Waals surface area contributed by atoms with Gasteiger partial charge in [0.15, 0.2) is 0 Å². The van der Waals surface area contributed by atoms with Crippen LogP contribution in [-0.4, -0.2) is 34.6 Å². The molecule has 1 saturated heterocycles. The molecule has 1 fully saturated rings. The molecule has 2 rings (SSSR count). The van der Waals surface area contributed by atoms with E-state index in [2.05, 4.69) is 48.3 Å². The van der Waals surface area contributed by atoms with Crippen LogP contribution >= 0.6 is 11.3 Å². The Morgan fingerprint density at radius 3 is 2.75 bits per heavy atom. The number of piperazine rings is 1. The Labute approximate surface area is 127 Å². The van der Waals surface area contributed by atoms with Crippen LogP contribution < -0.4 is 5.32 Å². The molecule has 3 nitrogen and oxygen atoms in total. The Morgan fingerprint density at radius 1 is 1.45 bits per heavy atom. The average molecular weight is 295 g/mol. The summed E-state index contributed by atoms with van der Waals surface area (Å²) in [5.41, 5.74) is 0.293. The third kappa shape index (κ3) is 3.41. The molecule has 0 bridgehead atoms. The second-order valence-electron chi connectivity index (χ2n) is 6.15. The SMILES string of the molecule is CCC(C)C1CNC(CC)(CC)CN1Cc1nccs1. The van der Waals surface area contributed by atoms with E-state index in [9.17, 15) is 0 Å². The van der Waals surface area contributed by atoms with Crippen molar-refractivity contribution in [3.8, 4) is 0 Å². The van der Waals surface area contributed by atoms with Gasteiger partial charge in [-0.15, -0.1) is 11.3 Å². The molecule has 2 atom stereocenters. The fourth-order valence-electron chi connectivity index (χ4n) is 3.25. The molecule has 0 aromatic carbocycles. The fourth-order valence-corrected chi connectivity index (χ4v) is 3.89. The van der Waals surface area contributed by atoms with Crippen molar-refractivity contribution in [1.82, 2.24) is 15.2 Å². The van der Waals surface area contributed by atoms with Gasteiger partial charge in [0.1, 0.15) is 5.01 Å². The van der Waals surface area contributed by atoms with Gasteiger partial charge >= 0.3 is 0 Å². The standard InChI is InChI=1S/C16H29N3S/c1-5-13(4)14-10-18-16(6-2,7-3)12-19(14)11-15-17-8-9-20-15/h8-9,13-14,18H,5-7,10-12H2,1-4H3. The van der Waals surface area contributed by atoms with Crippen molar-refractivity contribution in [2.24, 2.45) is 5.92 Å². The highest BCUT2D eigenvalue weighted by Crippen LogP contribution is 2.28. The molecule has 1 aliphatic rings. The van der Waals surface area contributed by atoms with Crippen molar-refractivity contribution in [2.45, 2.75) is 65.1 Å². The van der Waals surface area contributed by atoms with Crippen LogP contribution in [0.3, 0.4) is 0 Å². The molecule has 114 valence electrons. The fraction of sp³-hybridized carbons (Fsp3) is 0.812. The van der Waals surface area contributed by atoms with E-state index in [-0.39, 0.29) is 0 Å². The lowest BCUT2D eigenvalue weighted by atomic mass is 9.85. The molecule has 2 unspecified atom stereocenters. The van der Waals surface area contributed by atoms with Crippen LogP contribution in [0.4, 0.5) is 0 Å². The van der Waals surface area contributed by atoms with Gasteiger partial charge in [0, 0.05) is 36.2 Å². The molecule has 0 aliphatic carbocycles. The lowest BCUT2D eigenvalue weighted by Crippen LogP contribution is -2.64. The first-order valence-electron chi connectivity index (χ1n) is 8.01. The van der Waals surface area contributed by atoms with Gasteiger partial charge in [-0.25, -0.2) is 4.98 Å². The van der Waals surface area contributed by atoms with Gasteiger partial charge in [-0.2, -0.15) is 0 Å². The van der Waals surface area contributed by atoms with Crippen LogP contribution in [0, 0.1) is 5.92 Å². The summed E-state index contributed by atoms with van der Waals surface area (Å²) in [7, 11) is 0. The number of nitrogens with zero attached hydrogens (tertiary/aromatic N) is 2. The first-order chi connectivity index (χ1) is 9.64. The lowest BCUT2D eigenvalue weighted by molar-refractivity contribution is 0.0395. The Kier molecular flexibility index (Phi) is 5.58. The summed E-state index contributed by atoms with van der Waals surface area (Å²) in [4.78, 5) is 7.16. The number of rotatable bonds is 6. The van der Waals surface area contributed by atoms with Crippen LogP contribution in [0.1, 0.15) is 52.0 Å². The van der Waals surface area contributed by atoms with Gasteiger partial charge in [0.05, 0.1) is 6.54 Å². The normalized spacial score (nSPS) is 24.7. The Morgan fingerprint density at radius 2 is 2.20 bits per heavy atom. The van der Waals surface area contributed by atoms with E-state index >= 15 is 0 Å². The summed E-state index contributed by atoms with van der Waals surface area (Å²) >= 11 is 1.78. The zero-order valence-corrected chi connectivity index (χ0v) is 14.2. The monoisotopic (exact) mass is 295 g/mol. The molecule has 0 radical (unpaired) electrons. The molecule has 4 heteroatoms. The summed E-state index contributed by atoms with van der Waals surface area (Å²) < 4.78 is 0. The van der Waals surface area contributed by atoms with E-state index in [0.717, 1.165) is 25.6 Å². The molecular weight excluding hydrogens is 266 g/mol. The average Bonchev–Trinajstić information content (AvgIpc) is 2.99. The third-order valence-electron chi connectivity index (χ3n) is 5.14. The summed E-state index contributed by atoms with van der Waals surface area (Å²) in [5, 5.41) is 7.19. The van der Waals surface area contributed by atoms with Crippen LogP contribution in [0.25, 0.3) is 0 Å². The third-order valence-corrected chi connectivity index (χ3v) is 5.90. The van der Waals surface area contributed by atoms with Crippen LogP contribution in [-0.2, 0) is 6.54 Å². The zero-order chi connectivity index (χ0) is 14.6. The first kappa shape index (κ1) is 15.9. The summed E-state index contributed by atoms with van der Waals surface area (Å²) in [5.74, 6) is 0.731. The summed E-state index contributed by atoms with van der Waals surface area (Å²) in [6.07, 6.45) is 5.56. The molecule has 0 spiro atoms. The van der Waals surface area contributed by atoms with Crippen molar-refractivity contribution in [3.63, 3.8) is 0 Å². The van der Waals surface area contributed by atoms with Crippen LogP contribution in [0.5, 0.6) is 0 Å². The van der Waals surface area contributed by atoms with Crippen LogP contribution in [0.2, 0.25) is 0 Å². The number of hydrogen-bond acceptors (Lipinski definition) is 4. The van der Waals surface area contributed by atoms with Gasteiger partial charge in [-0.05, 0) is 18.8 Å². The molecule has 1 aromatic heterocycles. The highest BCUT2D eigenvalue weighted by atomic mass is 32.1. The molecule has 20 heavy (non-hydrogen) atoms. The Hall–Kier alpha value is -0.450. The van der Waals surface area contributed by atoms with E-state index in [1.54, 1.807) is 11.3 Å². The predicted octanol–water partition coefficient (Wildman–Crippen LogP) is 3.52. The molecular formula is C16H29N3S. The predicted molar refractivity (Wildman–Crippen MR) is 87.1 cm³/mol. The van der Waals surface area contributed by atoms with E-state index in [1.807, 2.05) is 6.20 Å². The minimum Gasteiger partial charge on any atom is -0.308 e. The van der Waals surface area contributed by atoms with Crippen LogP contribution in [0.15, 0.2) is 11.6 Å². The topological polar surface area (TPSA) is 28.2 Å². The van der Waals surface area contributed by atoms with Gasteiger partial charge in [-0.1, -0.05) is 34.1 Å². The maximum absolute atomic E-state index is 4.49. The quantitative estimate of drug-likeness (QED) is 0.870. The number of aromatic nitrogens is 1. The zero-order valence-electron chi connectivity index (χ0n) is 13.4. The van der Waals surface area contributed by atoms with Crippen molar-refractivity contribution in [1.29, 1.82) is 0 Å². The summed E-state index contributed by atoms with van der Waals surface area (Å²) in [6.45, 7) is 12.6. The van der Waals surface area contributed by atoms with E-state index in [0.29, 0.717) is 11.6 Å². The summed E-state index contributed by atoms with van der Waals surface area (Å²) in [6, 6.07) is 0.634. The van der Waals surface area contributed by atoms with Gasteiger partial charge in [0.25, 0.3) is 0 Å². The number of thiazole rings is 1. The molecule has 1 aliphatic heterocycles. The molecule has 0 saturated carbocycles. The van der Waals surface area contributed by atoms with E-state index < -0.39 is 0 Å². The highest BCUT2D eigenvalue weighted by Gasteiger charge is 2.38. The van der Waals surface area contributed by atoms with Gasteiger partial charge in [0.2, 0.25) is 0 Å². The first-order valence-corrected chi connectivity index (χ1v) is 8.89. The smallest absolute Gasteiger partial charge is 0.107 e. The molecule has 2 heterocycles. The van der Waals surface area contributed by atoms with Crippen molar-refractivity contribution >= 4 is 11.3 Å². The second-order valence-corrected chi connectivity index (χ2v) is 7.13. The lowest BCUT2D eigenvalue weighted by Gasteiger charge is -2.49. The van der Waals surface area contributed by atoms with Gasteiger partial charge in [-0.3, -0.25) is 4.90 Å². The second kappa shape index (κ2) is 7.01. The number of nitrogens with one attached hydrogen (secondary N) is 1. The van der Waals surface area contributed by atoms with Gasteiger partial charge < -0.3 is 5.32 Å². The van der Waals surface area contributed by atoms with Crippen molar-refractivity contribution in [3.05, 3.63) is 16.6 Å². The number of hydrogen-bond donors (Lipinski definition) is 1.